The van der Waals surface area contributed by atoms with Gasteiger partial charge in [-0.15, -0.1) is 11.8 Å². The SMILES string of the molecule is CCC1CN(C)c2cc3c(cc2O1)c(-c1ccccn1)c(SC)c(=O)n3C. The quantitative estimate of drug-likeness (QED) is 0.644. The van der Waals surface area contributed by atoms with Gasteiger partial charge in [0.2, 0.25) is 0 Å². The van der Waals surface area contributed by atoms with Crippen LogP contribution in [0.1, 0.15) is 13.3 Å². The van der Waals surface area contributed by atoms with Gasteiger partial charge in [0, 0.05) is 31.2 Å². The van der Waals surface area contributed by atoms with E-state index in [9.17, 15) is 4.79 Å². The number of pyridine rings is 2. The third kappa shape index (κ3) is 2.88. The van der Waals surface area contributed by atoms with Crippen LogP contribution < -0.4 is 15.2 Å². The first-order valence-electron chi connectivity index (χ1n) is 9.09. The van der Waals surface area contributed by atoms with E-state index in [1.54, 1.807) is 10.8 Å². The van der Waals surface area contributed by atoms with Gasteiger partial charge in [-0.25, -0.2) is 0 Å². The molecule has 3 heterocycles. The molecule has 0 amide bonds. The lowest BCUT2D eigenvalue weighted by Gasteiger charge is -2.34. The number of hydrogen-bond donors (Lipinski definition) is 0. The second-order valence-corrected chi connectivity index (χ2v) is 7.67. The Labute approximate surface area is 163 Å². The summed E-state index contributed by atoms with van der Waals surface area (Å²) in [6.45, 7) is 2.98. The fourth-order valence-electron chi connectivity index (χ4n) is 3.71. The normalized spacial score (nSPS) is 16.3. The van der Waals surface area contributed by atoms with E-state index >= 15 is 0 Å². The van der Waals surface area contributed by atoms with Crippen LogP contribution in [0.25, 0.3) is 22.2 Å². The standard InChI is InChI=1S/C21H23N3O2S/c1-5-13-12-23(2)17-11-16-14(10-18(17)26-13)19(15-8-6-7-9-22-15)20(27-4)21(25)24(16)3/h6-11,13H,5,12H2,1-4H3. The number of anilines is 1. The van der Waals surface area contributed by atoms with E-state index in [1.165, 1.54) is 11.8 Å². The maximum Gasteiger partial charge on any atom is 0.265 e. The van der Waals surface area contributed by atoms with E-state index in [0.29, 0.717) is 4.90 Å². The molecule has 0 radical (unpaired) electrons. The molecule has 2 aromatic heterocycles. The molecule has 3 aromatic rings. The molecule has 5 nitrogen and oxygen atoms in total. The van der Waals surface area contributed by atoms with Crippen LogP contribution in [0.3, 0.4) is 0 Å². The molecule has 0 saturated heterocycles. The van der Waals surface area contributed by atoms with Crippen molar-refractivity contribution in [1.29, 1.82) is 0 Å². The van der Waals surface area contributed by atoms with Gasteiger partial charge in [-0.3, -0.25) is 9.78 Å². The van der Waals surface area contributed by atoms with Crippen LogP contribution in [-0.2, 0) is 7.05 Å². The van der Waals surface area contributed by atoms with Crippen LogP contribution in [0, 0.1) is 0 Å². The Morgan fingerprint density at radius 2 is 2.11 bits per heavy atom. The summed E-state index contributed by atoms with van der Waals surface area (Å²) in [4.78, 5) is 20.5. The van der Waals surface area contributed by atoms with Crippen molar-refractivity contribution in [3.05, 3.63) is 46.9 Å². The van der Waals surface area contributed by atoms with E-state index in [1.807, 2.05) is 31.5 Å². The summed E-state index contributed by atoms with van der Waals surface area (Å²) in [6.07, 6.45) is 4.83. The van der Waals surface area contributed by atoms with Gasteiger partial charge in [-0.1, -0.05) is 13.0 Å². The summed E-state index contributed by atoms with van der Waals surface area (Å²) < 4.78 is 7.97. The Kier molecular flexibility index (Phi) is 4.60. The summed E-state index contributed by atoms with van der Waals surface area (Å²) >= 11 is 1.46. The molecule has 0 spiro atoms. The topological polar surface area (TPSA) is 47.4 Å². The molecule has 0 saturated carbocycles. The van der Waals surface area contributed by atoms with Gasteiger partial charge < -0.3 is 14.2 Å². The third-order valence-electron chi connectivity index (χ3n) is 5.20. The molecule has 1 unspecified atom stereocenters. The average Bonchev–Trinajstić information content (AvgIpc) is 2.70. The first-order valence-corrected chi connectivity index (χ1v) is 10.3. The number of hydrogen-bond acceptors (Lipinski definition) is 5. The summed E-state index contributed by atoms with van der Waals surface area (Å²) in [5, 5.41) is 0.990. The van der Waals surface area contributed by atoms with Crippen LogP contribution in [0.2, 0.25) is 0 Å². The largest absolute Gasteiger partial charge is 0.486 e. The highest BCUT2D eigenvalue weighted by atomic mass is 32.2. The Hall–Kier alpha value is -2.47. The summed E-state index contributed by atoms with van der Waals surface area (Å²) in [7, 11) is 3.90. The monoisotopic (exact) mass is 381 g/mol. The van der Waals surface area contributed by atoms with E-state index in [2.05, 4.69) is 36.0 Å². The van der Waals surface area contributed by atoms with Crippen molar-refractivity contribution >= 4 is 28.4 Å². The highest BCUT2D eigenvalue weighted by molar-refractivity contribution is 7.98. The maximum atomic E-state index is 13.0. The number of thioether (sulfide) groups is 1. The number of fused-ring (bicyclic) bond motifs is 2. The van der Waals surface area contributed by atoms with Crippen LogP contribution >= 0.6 is 11.8 Å². The number of ether oxygens (including phenoxy) is 1. The first kappa shape index (κ1) is 17.9. The van der Waals surface area contributed by atoms with Gasteiger partial charge in [-0.05, 0) is 36.9 Å². The number of likely N-dealkylation sites (N-methyl/N-ethyl adjacent to an activating group) is 1. The fraction of sp³-hybridized carbons (Fsp3) is 0.333. The molecular weight excluding hydrogens is 358 g/mol. The highest BCUT2D eigenvalue weighted by Crippen LogP contribution is 2.41. The van der Waals surface area contributed by atoms with Gasteiger partial charge in [-0.2, -0.15) is 0 Å². The number of nitrogens with zero attached hydrogens (tertiary/aromatic N) is 3. The molecular formula is C21H23N3O2S. The minimum Gasteiger partial charge on any atom is -0.486 e. The van der Waals surface area contributed by atoms with Crippen molar-refractivity contribution in [2.24, 2.45) is 7.05 Å². The second kappa shape index (κ2) is 6.93. The van der Waals surface area contributed by atoms with Crippen LogP contribution in [0.4, 0.5) is 5.69 Å². The third-order valence-corrected chi connectivity index (χ3v) is 5.98. The predicted molar refractivity (Wildman–Crippen MR) is 112 cm³/mol. The van der Waals surface area contributed by atoms with Crippen molar-refractivity contribution in [3.63, 3.8) is 0 Å². The van der Waals surface area contributed by atoms with Crippen LogP contribution in [-0.4, -0.2) is 35.5 Å². The molecule has 1 atom stereocenters. The second-order valence-electron chi connectivity index (χ2n) is 6.85. The van der Waals surface area contributed by atoms with Gasteiger partial charge in [0.15, 0.2) is 0 Å². The van der Waals surface area contributed by atoms with Crippen molar-refractivity contribution in [2.45, 2.75) is 24.3 Å². The Bertz CT molecular complexity index is 1060. The summed E-state index contributed by atoms with van der Waals surface area (Å²) in [5.41, 5.74) is 3.60. The van der Waals surface area contributed by atoms with Gasteiger partial charge >= 0.3 is 0 Å². The van der Waals surface area contributed by atoms with E-state index < -0.39 is 0 Å². The molecule has 1 aromatic carbocycles. The lowest BCUT2D eigenvalue weighted by atomic mass is 10.0. The molecule has 0 aliphatic carbocycles. The first-order chi connectivity index (χ1) is 13.0. The van der Waals surface area contributed by atoms with Crippen molar-refractivity contribution in [3.8, 4) is 17.0 Å². The summed E-state index contributed by atoms with van der Waals surface area (Å²) in [5.74, 6) is 0.867. The molecule has 140 valence electrons. The number of aromatic nitrogens is 2. The fourth-order valence-corrected chi connectivity index (χ4v) is 4.44. The zero-order valence-electron chi connectivity index (χ0n) is 16.0. The van der Waals surface area contributed by atoms with Gasteiger partial charge in [0.1, 0.15) is 11.9 Å². The smallest absolute Gasteiger partial charge is 0.265 e. The average molecular weight is 382 g/mol. The minimum absolute atomic E-state index is 0.00131. The van der Waals surface area contributed by atoms with E-state index in [4.69, 9.17) is 4.74 Å². The van der Waals surface area contributed by atoms with Gasteiger partial charge in [0.05, 0.1) is 28.3 Å². The van der Waals surface area contributed by atoms with Crippen molar-refractivity contribution < 1.29 is 4.74 Å². The zero-order valence-corrected chi connectivity index (χ0v) is 16.8. The van der Waals surface area contributed by atoms with E-state index in [0.717, 1.165) is 46.6 Å². The Morgan fingerprint density at radius 3 is 2.78 bits per heavy atom. The molecule has 0 fully saturated rings. The van der Waals surface area contributed by atoms with Crippen LogP contribution in [0.15, 0.2) is 46.2 Å². The number of aryl methyl sites for hydroxylation is 1. The molecule has 4 rings (SSSR count). The number of benzene rings is 1. The molecule has 1 aliphatic heterocycles. The zero-order chi connectivity index (χ0) is 19.1. The van der Waals surface area contributed by atoms with Gasteiger partial charge in [0.25, 0.3) is 5.56 Å². The highest BCUT2D eigenvalue weighted by Gasteiger charge is 2.25. The van der Waals surface area contributed by atoms with E-state index in [-0.39, 0.29) is 11.7 Å². The summed E-state index contributed by atoms with van der Waals surface area (Å²) in [6, 6.07) is 9.93. The lowest BCUT2D eigenvalue weighted by Crippen LogP contribution is -2.37. The number of rotatable bonds is 3. The Balaban J connectivity index is 2.09. The minimum atomic E-state index is 0.00131. The molecule has 1 aliphatic rings. The molecule has 27 heavy (non-hydrogen) atoms. The lowest BCUT2D eigenvalue weighted by molar-refractivity contribution is 0.192. The molecule has 6 heteroatoms. The molecule has 0 N–H and O–H groups in total. The Morgan fingerprint density at radius 1 is 1.30 bits per heavy atom. The van der Waals surface area contributed by atoms with Crippen molar-refractivity contribution in [2.75, 3.05) is 24.7 Å². The predicted octanol–water partition coefficient (Wildman–Crippen LogP) is 3.93. The van der Waals surface area contributed by atoms with Crippen LogP contribution in [0.5, 0.6) is 5.75 Å². The molecule has 0 bridgehead atoms. The maximum absolute atomic E-state index is 13.0. The van der Waals surface area contributed by atoms with Crippen molar-refractivity contribution in [1.82, 2.24) is 9.55 Å².